The molecule has 4 aromatic rings. The summed E-state index contributed by atoms with van der Waals surface area (Å²) >= 11 is 0. The van der Waals surface area contributed by atoms with Crippen molar-refractivity contribution in [2.75, 3.05) is 49.5 Å². The Balaban J connectivity index is 1.35. The molecule has 6 rings (SSSR count). The van der Waals surface area contributed by atoms with Crippen LogP contribution in [-0.2, 0) is 13.1 Å². The van der Waals surface area contributed by atoms with E-state index in [1.54, 1.807) is 10.8 Å². The highest BCUT2D eigenvalue weighted by atomic mass is 16.1. The van der Waals surface area contributed by atoms with Crippen molar-refractivity contribution in [1.82, 2.24) is 29.7 Å². The summed E-state index contributed by atoms with van der Waals surface area (Å²) in [5.74, 6) is 7.34. The van der Waals surface area contributed by atoms with E-state index in [4.69, 9.17) is 4.98 Å². The standard InChI is InChI=1S/C32H38N8O/c1-3-38-16-4-5-28(38)22-40-30-26(20-25(31(40)41)7-6-24-10-12-33-13-11-24)21-35-32(37-30)36-27-8-9-29(23(2)19-27)39-17-14-34-15-18-39/h4-5,8-9,16,19-21,24,33-34H,3,10-15,17-18,22H2,1-2H3,(H,35,36,37). The van der Waals surface area contributed by atoms with Crippen LogP contribution in [0.2, 0.25) is 0 Å². The van der Waals surface area contributed by atoms with Gasteiger partial charge in [-0.05, 0) is 81.7 Å². The first-order valence-corrected chi connectivity index (χ1v) is 14.7. The van der Waals surface area contributed by atoms with Gasteiger partial charge >= 0.3 is 0 Å². The first-order chi connectivity index (χ1) is 20.1. The molecule has 41 heavy (non-hydrogen) atoms. The van der Waals surface area contributed by atoms with E-state index in [1.165, 1.54) is 11.3 Å². The van der Waals surface area contributed by atoms with E-state index in [9.17, 15) is 4.79 Å². The molecule has 0 radical (unpaired) electrons. The van der Waals surface area contributed by atoms with Crippen molar-refractivity contribution in [3.63, 3.8) is 0 Å². The molecule has 3 aromatic heterocycles. The summed E-state index contributed by atoms with van der Waals surface area (Å²) in [5.41, 5.74) is 5.38. The Kier molecular flexibility index (Phi) is 8.03. The minimum atomic E-state index is -0.122. The second-order valence-corrected chi connectivity index (χ2v) is 10.9. The predicted molar refractivity (Wildman–Crippen MR) is 165 cm³/mol. The molecule has 0 spiro atoms. The summed E-state index contributed by atoms with van der Waals surface area (Å²) in [5, 5.41) is 11.0. The third-order valence-corrected chi connectivity index (χ3v) is 8.07. The van der Waals surface area contributed by atoms with Crippen molar-refractivity contribution in [3.05, 3.63) is 76.0 Å². The zero-order chi connectivity index (χ0) is 28.2. The van der Waals surface area contributed by atoms with E-state index in [0.717, 1.165) is 75.4 Å². The fraction of sp³-hybridized carbons (Fsp3) is 0.406. The summed E-state index contributed by atoms with van der Waals surface area (Å²) in [6.45, 7) is 11.4. The fourth-order valence-corrected chi connectivity index (χ4v) is 5.79. The second-order valence-electron chi connectivity index (χ2n) is 10.9. The molecule has 0 unspecified atom stereocenters. The summed E-state index contributed by atoms with van der Waals surface area (Å²) in [4.78, 5) is 25.7. The third kappa shape index (κ3) is 5.99. The van der Waals surface area contributed by atoms with Gasteiger partial charge < -0.3 is 25.4 Å². The molecule has 0 amide bonds. The molecule has 1 aromatic carbocycles. The number of hydrogen-bond donors (Lipinski definition) is 3. The number of nitrogens with zero attached hydrogens (tertiary/aromatic N) is 5. The molecular formula is C32H38N8O. The summed E-state index contributed by atoms with van der Waals surface area (Å²) < 4.78 is 3.89. The summed E-state index contributed by atoms with van der Waals surface area (Å²) in [7, 11) is 0. The summed E-state index contributed by atoms with van der Waals surface area (Å²) in [6, 6.07) is 12.3. The van der Waals surface area contributed by atoms with Crippen LogP contribution in [0.25, 0.3) is 11.0 Å². The zero-order valence-corrected chi connectivity index (χ0v) is 23.9. The number of rotatable bonds is 6. The van der Waals surface area contributed by atoms with Crippen LogP contribution in [0.15, 0.2) is 53.6 Å². The van der Waals surface area contributed by atoms with Gasteiger partial charge in [0.05, 0.1) is 12.1 Å². The van der Waals surface area contributed by atoms with E-state index >= 15 is 0 Å². The lowest BCUT2D eigenvalue weighted by Gasteiger charge is -2.30. The lowest BCUT2D eigenvalue weighted by Crippen LogP contribution is -2.43. The monoisotopic (exact) mass is 550 g/mol. The SMILES string of the molecule is CCn1cccc1Cn1c(=O)c(C#CC2CCNCC2)cc2cnc(Nc3ccc(N4CCNCC4)c(C)c3)nc21. The van der Waals surface area contributed by atoms with Crippen LogP contribution in [0.5, 0.6) is 0 Å². The van der Waals surface area contributed by atoms with Crippen LogP contribution in [0.4, 0.5) is 17.3 Å². The van der Waals surface area contributed by atoms with E-state index in [-0.39, 0.29) is 5.56 Å². The molecule has 0 atom stereocenters. The van der Waals surface area contributed by atoms with Gasteiger partial charge in [-0.25, -0.2) is 4.98 Å². The third-order valence-electron chi connectivity index (χ3n) is 8.07. The Hall–Kier alpha value is -4.13. The molecule has 9 nitrogen and oxygen atoms in total. The van der Waals surface area contributed by atoms with Crippen LogP contribution in [0, 0.1) is 24.7 Å². The number of aryl methyl sites for hydroxylation is 2. The minimum absolute atomic E-state index is 0.122. The molecule has 9 heteroatoms. The van der Waals surface area contributed by atoms with Crippen molar-refractivity contribution >= 4 is 28.4 Å². The predicted octanol–water partition coefficient (Wildman–Crippen LogP) is 3.47. The first kappa shape index (κ1) is 27.1. The van der Waals surface area contributed by atoms with E-state index in [0.29, 0.717) is 29.6 Å². The summed E-state index contributed by atoms with van der Waals surface area (Å²) in [6.07, 6.45) is 5.84. The van der Waals surface area contributed by atoms with Gasteiger partial charge in [-0.3, -0.25) is 9.36 Å². The highest BCUT2D eigenvalue weighted by Gasteiger charge is 2.16. The Morgan fingerprint density at radius 3 is 2.66 bits per heavy atom. The Morgan fingerprint density at radius 2 is 1.88 bits per heavy atom. The van der Waals surface area contributed by atoms with Gasteiger partial charge in [0.1, 0.15) is 5.65 Å². The maximum atomic E-state index is 13.8. The van der Waals surface area contributed by atoms with Crippen LogP contribution in [-0.4, -0.2) is 58.4 Å². The van der Waals surface area contributed by atoms with Crippen LogP contribution in [0.3, 0.4) is 0 Å². The maximum Gasteiger partial charge on any atom is 0.268 e. The number of anilines is 3. The molecule has 212 valence electrons. The number of hydrogen-bond acceptors (Lipinski definition) is 7. The van der Waals surface area contributed by atoms with Crippen molar-refractivity contribution in [2.24, 2.45) is 5.92 Å². The zero-order valence-electron chi connectivity index (χ0n) is 23.9. The Labute approximate surface area is 241 Å². The topological polar surface area (TPSA) is 92.0 Å². The van der Waals surface area contributed by atoms with E-state index in [1.807, 2.05) is 18.3 Å². The smallest absolute Gasteiger partial charge is 0.268 e. The van der Waals surface area contributed by atoms with Crippen molar-refractivity contribution < 1.29 is 0 Å². The number of benzene rings is 1. The molecule has 3 N–H and O–H groups in total. The minimum Gasteiger partial charge on any atom is -0.369 e. The van der Waals surface area contributed by atoms with Gasteiger partial charge in [-0.2, -0.15) is 4.98 Å². The first-order valence-electron chi connectivity index (χ1n) is 14.7. The van der Waals surface area contributed by atoms with E-state index in [2.05, 4.69) is 80.4 Å². The van der Waals surface area contributed by atoms with Crippen LogP contribution >= 0.6 is 0 Å². The second kappa shape index (κ2) is 12.2. The van der Waals surface area contributed by atoms with E-state index < -0.39 is 0 Å². The van der Waals surface area contributed by atoms with Crippen molar-refractivity contribution in [3.8, 4) is 11.8 Å². The molecule has 2 aliphatic rings. The molecule has 5 heterocycles. The lowest BCUT2D eigenvalue weighted by molar-refractivity contribution is 0.447. The number of fused-ring (bicyclic) bond motifs is 1. The number of nitrogens with one attached hydrogen (secondary N) is 3. The molecule has 0 aliphatic carbocycles. The molecule has 2 fully saturated rings. The Bertz CT molecular complexity index is 1650. The average Bonchev–Trinajstić information content (AvgIpc) is 3.46. The number of pyridine rings is 1. The fourth-order valence-electron chi connectivity index (χ4n) is 5.79. The van der Waals surface area contributed by atoms with Gasteiger partial charge in [-0.15, -0.1) is 0 Å². The number of piperazine rings is 1. The Morgan fingerprint density at radius 1 is 1.07 bits per heavy atom. The molecule has 0 bridgehead atoms. The van der Waals surface area contributed by atoms with Gasteiger partial charge in [0.25, 0.3) is 5.56 Å². The molecular weight excluding hydrogens is 512 g/mol. The van der Waals surface area contributed by atoms with Crippen LogP contribution < -0.4 is 26.4 Å². The normalized spacial score (nSPS) is 16.0. The van der Waals surface area contributed by atoms with Gasteiger partial charge in [0.2, 0.25) is 5.95 Å². The van der Waals surface area contributed by atoms with Gasteiger partial charge in [0, 0.05) is 73.5 Å². The van der Waals surface area contributed by atoms with Crippen molar-refractivity contribution in [2.45, 2.75) is 39.8 Å². The van der Waals surface area contributed by atoms with Crippen LogP contribution in [0.1, 0.15) is 36.6 Å². The largest absolute Gasteiger partial charge is 0.369 e. The highest BCUT2D eigenvalue weighted by Crippen LogP contribution is 2.26. The molecule has 2 saturated heterocycles. The molecule has 0 saturated carbocycles. The highest BCUT2D eigenvalue weighted by molar-refractivity contribution is 5.78. The molecule has 2 aliphatic heterocycles. The number of piperidine rings is 1. The number of aromatic nitrogens is 4. The maximum absolute atomic E-state index is 13.8. The van der Waals surface area contributed by atoms with Gasteiger partial charge in [0.15, 0.2) is 0 Å². The quantitative estimate of drug-likeness (QED) is 0.317. The van der Waals surface area contributed by atoms with Gasteiger partial charge in [-0.1, -0.05) is 11.8 Å². The van der Waals surface area contributed by atoms with Crippen molar-refractivity contribution in [1.29, 1.82) is 0 Å². The lowest BCUT2D eigenvalue weighted by atomic mass is 9.98. The average molecular weight is 551 g/mol.